The van der Waals surface area contributed by atoms with Crippen LogP contribution in [0.15, 0.2) is 48.5 Å². The van der Waals surface area contributed by atoms with Crippen LogP contribution in [-0.4, -0.2) is 5.11 Å². The van der Waals surface area contributed by atoms with Gasteiger partial charge in [-0.15, -0.1) is 0 Å². The van der Waals surface area contributed by atoms with Crippen LogP contribution < -0.4 is 0 Å². The van der Waals surface area contributed by atoms with Gasteiger partial charge in [0.1, 0.15) is 5.60 Å². The van der Waals surface area contributed by atoms with Gasteiger partial charge in [0.05, 0.1) is 0 Å². The Morgan fingerprint density at radius 3 is 2.11 bits per heavy atom. The van der Waals surface area contributed by atoms with E-state index in [4.69, 9.17) is 0 Å². The van der Waals surface area contributed by atoms with Crippen molar-refractivity contribution < 1.29 is 5.11 Å². The van der Waals surface area contributed by atoms with Gasteiger partial charge in [-0.3, -0.25) is 0 Å². The normalized spacial score (nSPS) is 14.2. The van der Waals surface area contributed by atoms with Gasteiger partial charge in [-0.2, -0.15) is 0 Å². The van der Waals surface area contributed by atoms with Crippen molar-refractivity contribution in [3.63, 3.8) is 0 Å². The van der Waals surface area contributed by atoms with Crippen LogP contribution in [0.4, 0.5) is 0 Å². The zero-order valence-corrected chi connectivity index (χ0v) is 11.3. The lowest BCUT2D eigenvalue weighted by atomic mass is 9.83. The smallest absolute Gasteiger partial charge is 0.112 e. The van der Waals surface area contributed by atoms with Gasteiger partial charge >= 0.3 is 0 Å². The molecule has 0 heterocycles. The first-order valence-corrected chi connectivity index (χ1v) is 6.44. The fourth-order valence-electron chi connectivity index (χ4n) is 2.57. The molecular formula is C17H20O. The van der Waals surface area contributed by atoms with Crippen molar-refractivity contribution in [3.8, 4) is 0 Å². The number of hydrogen-bond acceptors (Lipinski definition) is 1. The Labute approximate surface area is 109 Å². The molecule has 2 aromatic carbocycles. The van der Waals surface area contributed by atoms with E-state index >= 15 is 0 Å². The van der Waals surface area contributed by atoms with Crippen molar-refractivity contribution in [2.45, 2.75) is 32.8 Å². The van der Waals surface area contributed by atoms with Crippen LogP contribution in [-0.2, 0) is 12.0 Å². The van der Waals surface area contributed by atoms with E-state index in [0.717, 1.165) is 23.1 Å². The first-order chi connectivity index (χ1) is 8.57. The van der Waals surface area contributed by atoms with E-state index in [-0.39, 0.29) is 0 Å². The largest absolute Gasteiger partial charge is 0.381 e. The van der Waals surface area contributed by atoms with Gasteiger partial charge in [-0.1, -0.05) is 55.5 Å². The van der Waals surface area contributed by atoms with Crippen molar-refractivity contribution in [2.75, 3.05) is 0 Å². The molecule has 0 aliphatic heterocycles. The summed E-state index contributed by atoms with van der Waals surface area (Å²) in [4.78, 5) is 0. The summed E-state index contributed by atoms with van der Waals surface area (Å²) in [6, 6.07) is 16.1. The van der Waals surface area contributed by atoms with E-state index in [0.29, 0.717) is 0 Å². The Morgan fingerprint density at radius 1 is 0.944 bits per heavy atom. The van der Waals surface area contributed by atoms with Crippen LogP contribution >= 0.6 is 0 Å². The number of benzene rings is 2. The lowest BCUT2D eigenvalue weighted by Crippen LogP contribution is -2.25. The Balaban J connectivity index is 2.58. The summed E-state index contributed by atoms with van der Waals surface area (Å²) >= 11 is 0. The van der Waals surface area contributed by atoms with Gasteiger partial charge in [0, 0.05) is 0 Å². The fourth-order valence-corrected chi connectivity index (χ4v) is 2.57. The molecule has 0 bridgehead atoms. The molecule has 18 heavy (non-hydrogen) atoms. The van der Waals surface area contributed by atoms with Crippen LogP contribution in [0.1, 0.15) is 36.1 Å². The minimum absolute atomic E-state index is 0.929. The molecule has 2 aromatic rings. The highest BCUT2D eigenvalue weighted by atomic mass is 16.3. The molecule has 0 aliphatic rings. The monoisotopic (exact) mass is 240 g/mol. The molecule has 2 rings (SSSR count). The topological polar surface area (TPSA) is 20.2 Å². The maximum atomic E-state index is 10.9. The van der Waals surface area contributed by atoms with E-state index in [1.807, 2.05) is 56.3 Å². The second kappa shape index (κ2) is 4.95. The molecule has 0 aliphatic carbocycles. The molecule has 1 heteroatoms. The first-order valence-electron chi connectivity index (χ1n) is 6.44. The Hall–Kier alpha value is -1.60. The minimum Gasteiger partial charge on any atom is -0.381 e. The van der Waals surface area contributed by atoms with Gasteiger partial charge in [0.2, 0.25) is 0 Å². The van der Waals surface area contributed by atoms with Crippen LogP contribution in [0.25, 0.3) is 0 Å². The van der Waals surface area contributed by atoms with Crippen molar-refractivity contribution in [1.82, 2.24) is 0 Å². The Bertz CT molecular complexity index is 541. The van der Waals surface area contributed by atoms with Gasteiger partial charge in [-0.05, 0) is 42.5 Å². The molecule has 1 nitrogen and oxygen atoms in total. The summed E-state index contributed by atoms with van der Waals surface area (Å²) < 4.78 is 0. The SMILES string of the molecule is CCc1ccccc1C(C)(O)c1ccccc1C. The lowest BCUT2D eigenvalue weighted by Gasteiger charge is -2.28. The number of rotatable bonds is 3. The van der Waals surface area contributed by atoms with Crippen LogP contribution in [0.3, 0.4) is 0 Å². The van der Waals surface area contributed by atoms with Gasteiger partial charge in [0.15, 0.2) is 0 Å². The van der Waals surface area contributed by atoms with E-state index < -0.39 is 5.60 Å². The fraction of sp³-hybridized carbons (Fsp3) is 0.294. The van der Waals surface area contributed by atoms with Crippen molar-refractivity contribution in [2.24, 2.45) is 0 Å². The van der Waals surface area contributed by atoms with Gasteiger partial charge in [0.25, 0.3) is 0 Å². The summed E-state index contributed by atoms with van der Waals surface area (Å²) in [5.74, 6) is 0. The molecule has 1 atom stereocenters. The molecule has 94 valence electrons. The molecule has 0 fully saturated rings. The molecule has 1 unspecified atom stereocenters. The van der Waals surface area contributed by atoms with Crippen molar-refractivity contribution in [3.05, 3.63) is 70.8 Å². The molecule has 0 saturated carbocycles. The summed E-state index contributed by atoms with van der Waals surface area (Å²) in [7, 11) is 0. The third kappa shape index (κ3) is 2.19. The van der Waals surface area contributed by atoms with E-state index in [2.05, 4.69) is 13.0 Å². The number of aryl methyl sites for hydroxylation is 2. The minimum atomic E-state index is -0.933. The third-order valence-corrected chi connectivity index (χ3v) is 3.59. The molecule has 1 N–H and O–H groups in total. The Kier molecular flexibility index (Phi) is 3.53. The zero-order valence-electron chi connectivity index (χ0n) is 11.3. The summed E-state index contributed by atoms with van der Waals surface area (Å²) in [5, 5.41) is 10.9. The summed E-state index contributed by atoms with van der Waals surface area (Å²) in [6.07, 6.45) is 0.929. The highest BCUT2D eigenvalue weighted by Crippen LogP contribution is 2.33. The summed E-state index contributed by atoms with van der Waals surface area (Å²) in [6.45, 7) is 6.04. The Morgan fingerprint density at radius 2 is 1.50 bits per heavy atom. The third-order valence-electron chi connectivity index (χ3n) is 3.59. The average molecular weight is 240 g/mol. The van der Waals surface area contributed by atoms with E-state index in [1.54, 1.807) is 0 Å². The molecular weight excluding hydrogens is 220 g/mol. The maximum Gasteiger partial charge on any atom is 0.112 e. The predicted molar refractivity (Wildman–Crippen MR) is 75.7 cm³/mol. The number of hydrogen-bond donors (Lipinski definition) is 1. The predicted octanol–water partition coefficient (Wildman–Crippen LogP) is 3.81. The van der Waals surface area contributed by atoms with E-state index in [1.165, 1.54) is 5.56 Å². The highest BCUT2D eigenvalue weighted by molar-refractivity contribution is 5.43. The average Bonchev–Trinajstić information content (AvgIpc) is 2.39. The second-order valence-electron chi connectivity index (χ2n) is 4.90. The molecule has 0 spiro atoms. The molecule has 0 aromatic heterocycles. The van der Waals surface area contributed by atoms with Crippen molar-refractivity contribution >= 4 is 0 Å². The standard InChI is InChI=1S/C17H20O/c1-4-14-10-6-8-12-16(14)17(3,18)15-11-7-5-9-13(15)2/h5-12,18H,4H2,1-3H3. The van der Waals surface area contributed by atoms with Crippen LogP contribution in [0.2, 0.25) is 0 Å². The van der Waals surface area contributed by atoms with Gasteiger partial charge < -0.3 is 5.11 Å². The molecule has 0 radical (unpaired) electrons. The van der Waals surface area contributed by atoms with E-state index in [9.17, 15) is 5.11 Å². The summed E-state index contributed by atoms with van der Waals surface area (Å²) in [5.41, 5.74) is 3.37. The quantitative estimate of drug-likeness (QED) is 0.865. The second-order valence-corrected chi connectivity index (χ2v) is 4.90. The van der Waals surface area contributed by atoms with Crippen LogP contribution in [0.5, 0.6) is 0 Å². The highest BCUT2D eigenvalue weighted by Gasteiger charge is 2.28. The maximum absolute atomic E-state index is 10.9. The first kappa shape index (κ1) is 12.8. The van der Waals surface area contributed by atoms with Crippen LogP contribution in [0, 0.1) is 6.92 Å². The van der Waals surface area contributed by atoms with Crippen molar-refractivity contribution in [1.29, 1.82) is 0 Å². The molecule has 0 saturated heterocycles. The lowest BCUT2D eigenvalue weighted by molar-refractivity contribution is 0.101. The number of aliphatic hydroxyl groups is 1. The zero-order chi connectivity index (χ0) is 13.2. The van der Waals surface area contributed by atoms with Gasteiger partial charge in [-0.25, -0.2) is 0 Å². The molecule has 0 amide bonds.